The predicted molar refractivity (Wildman–Crippen MR) is 109 cm³/mol. The highest BCUT2D eigenvalue weighted by molar-refractivity contribution is 8.16. The first-order valence-electron chi connectivity index (χ1n) is 9.18. The number of hydrogen-bond acceptors (Lipinski definition) is 4. The Balaban J connectivity index is 1.92. The van der Waals surface area contributed by atoms with Gasteiger partial charge >= 0.3 is 0 Å². The van der Waals surface area contributed by atoms with Gasteiger partial charge in [-0.25, -0.2) is 8.42 Å². The van der Waals surface area contributed by atoms with Gasteiger partial charge in [0, 0.05) is 17.4 Å². The average molecular weight is 395 g/mol. The van der Waals surface area contributed by atoms with E-state index in [9.17, 15) is 13.2 Å². The van der Waals surface area contributed by atoms with Crippen LogP contribution in [0.15, 0.2) is 29.3 Å². The fourth-order valence-corrected chi connectivity index (χ4v) is 7.31. The van der Waals surface area contributed by atoms with Crippen molar-refractivity contribution in [1.82, 2.24) is 0 Å². The zero-order chi connectivity index (χ0) is 18.9. The van der Waals surface area contributed by atoms with Crippen molar-refractivity contribution in [3.63, 3.8) is 0 Å². The average Bonchev–Trinajstić information content (AvgIpc) is 3.03. The van der Waals surface area contributed by atoms with Crippen molar-refractivity contribution in [3.05, 3.63) is 29.8 Å². The maximum atomic E-state index is 12.2. The number of rotatable bonds is 5. The number of amides is 1. The summed E-state index contributed by atoms with van der Waals surface area (Å²) in [6.45, 7) is 6.32. The highest BCUT2D eigenvalue weighted by Gasteiger charge is 2.49. The Labute approximate surface area is 160 Å². The molecule has 0 N–H and O–H groups in total. The van der Waals surface area contributed by atoms with Gasteiger partial charge in [-0.3, -0.25) is 4.79 Å². The Morgan fingerprint density at radius 1 is 1.27 bits per heavy atom. The molecule has 1 amide bonds. The molecular weight excluding hydrogens is 368 g/mol. The number of fused-ring (bicyclic) bond motifs is 1. The molecule has 0 bridgehead atoms. The molecule has 5 nitrogen and oxygen atoms in total. The minimum atomic E-state index is -3.04. The first-order valence-corrected chi connectivity index (χ1v) is 11.9. The van der Waals surface area contributed by atoms with Gasteiger partial charge < -0.3 is 4.90 Å². The molecule has 1 aromatic rings. The number of carbonyl (C=O) groups is 1. The van der Waals surface area contributed by atoms with Crippen LogP contribution in [-0.4, -0.2) is 42.3 Å². The van der Waals surface area contributed by atoms with Gasteiger partial charge in [-0.1, -0.05) is 51.1 Å². The van der Waals surface area contributed by atoms with Crippen molar-refractivity contribution in [2.24, 2.45) is 4.99 Å². The number of anilines is 1. The first-order chi connectivity index (χ1) is 12.3. The van der Waals surface area contributed by atoms with Gasteiger partial charge in [0.05, 0.1) is 17.5 Å². The van der Waals surface area contributed by atoms with E-state index >= 15 is 0 Å². The molecule has 2 aliphatic rings. The van der Waals surface area contributed by atoms with Crippen molar-refractivity contribution in [3.8, 4) is 0 Å². The molecule has 0 aliphatic carbocycles. The summed E-state index contributed by atoms with van der Waals surface area (Å²) >= 11 is 1.43. The lowest BCUT2D eigenvalue weighted by Crippen LogP contribution is -2.37. The number of thioether (sulfide) groups is 1. The minimum Gasteiger partial charge on any atom is -0.316 e. The zero-order valence-corrected chi connectivity index (χ0v) is 17.1. The number of hydrogen-bond donors (Lipinski definition) is 0. The molecule has 0 saturated carbocycles. The normalized spacial score (nSPS) is 25.8. The topological polar surface area (TPSA) is 66.8 Å². The molecule has 2 heterocycles. The van der Waals surface area contributed by atoms with Crippen LogP contribution in [0.4, 0.5) is 5.69 Å². The largest absolute Gasteiger partial charge is 0.316 e. The van der Waals surface area contributed by atoms with Gasteiger partial charge in [0.15, 0.2) is 15.0 Å². The van der Waals surface area contributed by atoms with Crippen LogP contribution in [0, 0.1) is 0 Å². The van der Waals surface area contributed by atoms with Crippen LogP contribution in [-0.2, 0) is 14.6 Å². The smallest absolute Gasteiger partial charge is 0.248 e. The second-order valence-electron chi connectivity index (χ2n) is 7.31. The summed E-state index contributed by atoms with van der Waals surface area (Å²) in [6, 6.07) is 8.01. The third-order valence-corrected chi connectivity index (χ3v) is 8.08. The van der Waals surface area contributed by atoms with Crippen LogP contribution < -0.4 is 4.90 Å². The fourth-order valence-electron chi connectivity index (χ4n) is 3.38. The Kier molecular flexibility index (Phi) is 5.77. The molecule has 2 aliphatic heterocycles. The zero-order valence-electron chi connectivity index (χ0n) is 15.5. The molecule has 142 valence electrons. The highest BCUT2D eigenvalue weighted by Crippen LogP contribution is 2.41. The van der Waals surface area contributed by atoms with Crippen molar-refractivity contribution in [2.75, 3.05) is 16.4 Å². The number of carbonyl (C=O) groups excluding carboxylic acids is 1. The minimum absolute atomic E-state index is 0.0532. The summed E-state index contributed by atoms with van der Waals surface area (Å²) in [5, 5.41) is 0.593. The number of nitrogens with zero attached hydrogens (tertiary/aromatic N) is 2. The van der Waals surface area contributed by atoms with Gasteiger partial charge in [-0.2, -0.15) is 4.99 Å². The van der Waals surface area contributed by atoms with E-state index in [2.05, 4.69) is 31.0 Å². The van der Waals surface area contributed by atoms with Crippen LogP contribution in [0.5, 0.6) is 0 Å². The molecule has 0 radical (unpaired) electrons. The first kappa shape index (κ1) is 19.4. The lowest BCUT2D eigenvalue weighted by Gasteiger charge is -2.25. The summed E-state index contributed by atoms with van der Waals surface area (Å²) < 4.78 is 24.2. The number of aliphatic imine (C=N–C) groups is 1. The number of sulfone groups is 1. The van der Waals surface area contributed by atoms with Crippen molar-refractivity contribution >= 4 is 38.4 Å². The van der Waals surface area contributed by atoms with Crippen LogP contribution in [0.1, 0.15) is 51.5 Å². The summed E-state index contributed by atoms with van der Waals surface area (Å²) in [4.78, 5) is 18.5. The second kappa shape index (κ2) is 7.72. The van der Waals surface area contributed by atoms with E-state index in [1.807, 2.05) is 24.0 Å². The van der Waals surface area contributed by atoms with Gasteiger partial charge in [0.25, 0.3) is 0 Å². The molecule has 0 spiro atoms. The van der Waals surface area contributed by atoms with Gasteiger partial charge in [0.2, 0.25) is 5.91 Å². The lowest BCUT2D eigenvalue weighted by atomic mass is 10.0. The van der Waals surface area contributed by atoms with Gasteiger partial charge in [-0.05, 0) is 30.0 Å². The molecular formula is C19H26N2O3S2. The SMILES string of the molecule is CCCCC(=O)N=C1SC2CS(=O)(=O)CC2N1c1ccc(C(C)C)cc1. The molecule has 3 rings (SSSR count). The van der Waals surface area contributed by atoms with E-state index in [0.29, 0.717) is 17.5 Å². The fraction of sp³-hybridized carbons (Fsp3) is 0.579. The maximum absolute atomic E-state index is 12.2. The number of benzene rings is 1. The second-order valence-corrected chi connectivity index (χ2v) is 10.7. The van der Waals surface area contributed by atoms with E-state index in [4.69, 9.17) is 0 Å². The molecule has 2 saturated heterocycles. The monoisotopic (exact) mass is 394 g/mol. The number of unbranched alkanes of at least 4 members (excludes halogenated alkanes) is 1. The van der Waals surface area contributed by atoms with E-state index < -0.39 is 9.84 Å². The van der Waals surface area contributed by atoms with E-state index in [-0.39, 0.29) is 28.7 Å². The summed E-state index contributed by atoms with van der Waals surface area (Å²) in [7, 11) is -3.04. The Morgan fingerprint density at radius 2 is 1.96 bits per heavy atom. The molecule has 26 heavy (non-hydrogen) atoms. The van der Waals surface area contributed by atoms with E-state index in [1.165, 1.54) is 17.3 Å². The van der Waals surface area contributed by atoms with Crippen LogP contribution in [0.2, 0.25) is 0 Å². The third-order valence-electron chi connectivity index (χ3n) is 4.87. The van der Waals surface area contributed by atoms with Crippen LogP contribution in [0.3, 0.4) is 0 Å². The lowest BCUT2D eigenvalue weighted by molar-refractivity contribution is -0.117. The highest BCUT2D eigenvalue weighted by atomic mass is 32.2. The quantitative estimate of drug-likeness (QED) is 0.763. The molecule has 2 unspecified atom stereocenters. The molecule has 2 atom stereocenters. The van der Waals surface area contributed by atoms with E-state index in [1.54, 1.807) is 0 Å². The number of amidine groups is 1. The van der Waals surface area contributed by atoms with Crippen molar-refractivity contribution in [2.45, 2.75) is 57.2 Å². The van der Waals surface area contributed by atoms with Crippen LogP contribution >= 0.6 is 11.8 Å². The standard InChI is InChI=1S/C19H26N2O3S2/c1-4-5-6-18(22)20-19-21(15-9-7-14(8-10-15)13(2)3)16-11-26(23,24)12-17(16)25-19/h7-10,13,16-17H,4-6,11-12H2,1-3H3. The van der Waals surface area contributed by atoms with Gasteiger partial charge in [0.1, 0.15) is 0 Å². The predicted octanol–water partition coefficient (Wildman–Crippen LogP) is 3.60. The molecule has 2 fully saturated rings. The Morgan fingerprint density at radius 3 is 2.58 bits per heavy atom. The Hall–Kier alpha value is -1.34. The van der Waals surface area contributed by atoms with Crippen molar-refractivity contribution < 1.29 is 13.2 Å². The molecule has 7 heteroatoms. The Bertz CT molecular complexity index is 801. The molecule has 0 aromatic heterocycles. The molecule has 1 aromatic carbocycles. The van der Waals surface area contributed by atoms with E-state index in [0.717, 1.165) is 18.5 Å². The van der Waals surface area contributed by atoms with Crippen molar-refractivity contribution in [1.29, 1.82) is 0 Å². The third kappa shape index (κ3) is 4.14. The summed E-state index contributed by atoms with van der Waals surface area (Å²) in [5.41, 5.74) is 2.14. The summed E-state index contributed by atoms with van der Waals surface area (Å²) in [5.74, 6) is 0.588. The van der Waals surface area contributed by atoms with Crippen LogP contribution in [0.25, 0.3) is 0 Å². The van der Waals surface area contributed by atoms with Gasteiger partial charge in [-0.15, -0.1) is 0 Å². The summed E-state index contributed by atoms with van der Waals surface area (Å²) in [6.07, 6.45) is 2.21. The maximum Gasteiger partial charge on any atom is 0.248 e.